The van der Waals surface area contributed by atoms with Gasteiger partial charge in [0.15, 0.2) is 0 Å². The van der Waals surface area contributed by atoms with Gasteiger partial charge in [-0.2, -0.15) is 10.1 Å². The van der Waals surface area contributed by atoms with Crippen LogP contribution in [0.1, 0.15) is 12.2 Å². The van der Waals surface area contributed by atoms with Gasteiger partial charge in [-0.05, 0) is 54.7 Å². The summed E-state index contributed by atoms with van der Waals surface area (Å²) in [6.45, 7) is 0. The first-order valence-corrected chi connectivity index (χ1v) is 8.58. The Labute approximate surface area is 148 Å². The molecule has 2 amide bonds. The second-order valence-corrected chi connectivity index (χ2v) is 6.94. The number of hydrogen-bond acceptors (Lipinski definition) is 4. The third-order valence-corrected chi connectivity index (χ3v) is 5.50. The predicted octanol–water partition coefficient (Wildman–Crippen LogP) is 3.23. The van der Waals surface area contributed by atoms with Crippen molar-refractivity contribution in [2.75, 3.05) is 0 Å². The summed E-state index contributed by atoms with van der Waals surface area (Å²) in [5, 5.41) is 5.07. The quantitative estimate of drug-likeness (QED) is 0.485. The SMILES string of the molecule is O=C1[C@@H]2[C@H](C(=O)N1/N=C\c1ccc(-c3ccc(F)cc3)o1)[C@H]1C=C[C@H]2C1. The van der Waals surface area contributed by atoms with E-state index in [0.717, 1.165) is 17.0 Å². The van der Waals surface area contributed by atoms with Crippen molar-refractivity contribution in [1.82, 2.24) is 5.01 Å². The highest BCUT2D eigenvalue weighted by molar-refractivity contribution is 6.06. The Balaban J connectivity index is 1.36. The first-order valence-electron chi connectivity index (χ1n) is 8.58. The van der Waals surface area contributed by atoms with Crippen LogP contribution in [-0.4, -0.2) is 23.0 Å². The van der Waals surface area contributed by atoms with Crippen molar-refractivity contribution in [3.8, 4) is 11.3 Å². The molecule has 1 saturated carbocycles. The van der Waals surface area contributed by atoms with E-state index in [-0.39, 0.29) is 41.3 Å². The van der Waals surface area contributed by atoms with Crippen molar-refractivity contribution in [2.45, 2.75) is 6.42 Å². The first kappa shape index (κ1) is 15.3. The van der Waals surface area contributed by atoms with Crippen molar-refractivity contribution < 1.29 is 18.4 Å². The average molecular weight is 350 g/mol. The molecule has 1 aliphatic heterocycles. The molecule has 1 saturated heterocycles. The number of imide groups is 1. The number of nitrogens with zero attached hydrogens (tertiary/aromatic N) is 2. The zero-order chi connectivity index (χ0) is 17.8. The topological polar surface area (TPSA) is 62.9 Å². The highest BCUT2D eigenvalue weighted by Crippen LogP contribution is 2.52. The van der Waals surface area contributed by atoms with Crippen molar-refractivity contribution in [3.63, 3.8) is 0 Å². The normalized spacial score (nSPS) is 29.3. The maximum Gasteiger partial charge on any atom is 0.254 e. The van der Waals surface area contributed by atoms with Crippen molar-refractivity contribution in [3.05, 3.63) is 60.1 Å². The molecule has 5 rings (SSSR count). The fourth-order valence-corrected chi connectivity index (χ4v) is 4.31. The molecule has 4 atom stereocenters. The van der Waals surface area contributed by atoms with Crippen molar-refractivity contribution in [1.29, 1.82) is 0 Å². The zero-order valence-corrected chi connectivity index (χ0v) is 13.7. The number of fused-ring (bicyclic) bond motifs is 5. The van der Waals surface area contributed by atoms with Gasteiger partial charge in [0.2, 0.25) is 0 Å². The lowest BCUT2D eigenvalue weighted by atomic mass is 9.85. The lowest BCUT2D eigenvalue weighted by molar-refractivity contribution is -0.140. The van der Waals surface area contributed by atoms with Crippen LogP contribution in [0, 0.1) is 29.5 Å². The molecule has 3 aliphatic rings. The summed E-state index contributed by atoms with van der Waals surface area (Å²) >= 11 is 0. The predicted molar refractivity (Wildman–Crippen MR) is 91.3 cm³/mol. The number of benzene rings is 1. The fraction of sp³-hybridized carbons (Fsp3) is 0.250. The Morgan fingerprint density at radius 2 is 1.65 bits per heavy atom. The molecular formula is C20H15FN2O3. The summed E-state index contributed by atoms with van der Waals surface area (Å²) < 4.78 is 18.7. The molecule has 2 aromatic rings. The fourth-order valence-electron chi connectivity index (χ4n) is 4.31. The molecule has 6 heteroatoms. The van der Waals surface area contributed by atoms with Crippen LogP contribution in [0.15, 0.2) is 58.1 Å². The highest BCUT2D eigenvalue weighted by Gasteiger charge is 2.59. The highest BCUT2D eigenvalue weighted by atomic mass is 19.1. The van der Waals surface area contributed by atoms with Crippen LogP contribution >= 0.6 is 0 Å². The van der Waals surface area contributed by atoms with Crippen LogP contribution in [0.3, 0.4) is 0 Å². The molecule has 1 aromatic heterocycles. The van der Waals surface area contributed by atoms with Gasteiger partial charge in [0.05, 0.1) is 18.1 Å². The van der Waals surface area contributed by atoms with Crippen LogP contribution < -0.4 is 0 Å². The van der Waals surface area contributed by atoms with E-state index in [1.807, 2.05) is 12.2 Å². The van der Waals surface area contributed by atoms with Gasteiger partial charge >= 0.3 is 0 Å². The number of carbonyl (C=O) groups excluding carboxylic acids is 2. The van der Waals surface area contributed by atoms with E-state index in [1.165, 1.54) is 18.3 Å². The zero-order valence-electron chi connectivity index (χ0n) is 13.7. The minimum atomic E-state index is -0.317. The van der Waals surface area contributed by atoms with Crippen LogP contribution in [0.25, 0.3) is 11.3 Å². The summed E-state index contributed by atoms with van der Waals surface area (Å²) in [6.07, 6.45) is 6.36. The Bertz CT molecular complexity index is 930. The Morgan fingerprint density at radius 3 is 2.31 bits per heavy atom. The first-order chi connectivity index (χ1) is 12.6. The van der Waals surface area contributed by atoms with E-state index < -0.39 is 0 Å². The summed E-state index contributed by atoms with van der Waals surface area (Å²) in [4.78, 5) is 25.1. The largest absolute Gasteiger partial charge is 0.455 e. The standard InChI is InChI=1S/C20H15FN2O3/c21-14-5-3-11(4-6-14)16-8-7-15(26-16)10-22-23-19(24)17-12-1-2-13(9-12)18(17)20(23)25/h1-8,10,12-13,17-18H,9H2/b22-10-/t12-,13-,17-,18+/m0/s1. The Morgan fingerprint density at radius 1 is 1.00 bits per heavy atom. The van der Waals surface area contributed by atoms with Gasteiger partial charge in [-0.15, -0.1) is 0 Å². The minimum absolute atomic E-state index is 0.162. The number of hydrogen-bond donors (Lipinski definition) is 0. The molecule has 130 valence electrons. The van der Waals surface area contributed by atoms with Gasteiger partial charge < -0.3 is 4.42 Å². The summed E-state index contributed by atoms with van der Waals surface area (Å²) in [5.74, 6) is 0.0134. The van der Waals surface area contributed by atoms with Crippen LogP contribution in [0.4, 0.5) is 4.39 Å². The van der Waals surface area contributed by atoms with Gasteiger partial charge in [-0.3, -0.25) is 9.59 Å². The number of rotatable bonds is 3. The second kappa shape index (κ2) is 5.49. The molecular weight excluding hydrogens is 335 g/mol. The van der Waals surface area contributed by atoms with Gasteiger partial charge in [0.1, 0.15) is 17.3 Å². The number of furan rings is 1. The lowest BCUT2D eigenvalue weighted by Gasteiger charge is -2.13. The van der Waals surface area contributed by atoms with Crippen molar-refractivity contribution in [2.24, 2.45) is 28.8 Å². The minimum Gasteiger partial charge on any atom is -0.455 e. The molecule has 0 unspecified atom stereocenters. The molecule has 0 N–H and O–H groups in total. The third kappa shape index (κ3) is 2.18. The average Bonchev–Trinajstić information content (AvgIpc) is 3.40. The summed E-state index contributed by atoms with van der Waals surface area (Å²) in [6, 6.07) is 9.38. The van der Waals surface area contributed by atoms with E-state index >= 15 is 0 Å². The summed E-state index contributed by atoms with van der Waals surface area (Å²) in [7, 11) is 0. The number of hydrazone groups is 1. The van der Waals surface area contributed by atoms with Crippen LogP contribution in [0.2, 0.25) is 0 Å². The molecule has 0 spiro atoms. The molecule has 2 fully saturated rings. The van der Waals surface area contributed by atoms with E-state index in [4.69, 9.17) is 4.42 Å². The van der Waals surface area contributed by atoms with Gasteiger partial charge in [-0.25, -0.2) is 4.39 Å². The maximum absolute atomic E-state index is 13.0. The number of carbonyl (C=O) groups is 2. The Kier molecular flexibility index (Phi) is 3.22. The van der Waals surface area contributed by atoms with Crippen LogP contribution in [0.5, 0.6) is 0 Å². The molecule has 0 radical (unpaired) electrons. The number of allylic oxidation sites excluding steroid dienone is 2. The van der Waals surface area contributed by atoms with Gasteiger partial charge in [0.25, 0.3) is 11.8 Å². The lowest BCUT2D eigenvalue weighted by Crippen LogP contribution is -2.28. The molecule has 2 bridgehead atoms. The number of amides is 2. The van der Waals surface area contributed by atoms with E-state index in [0.29, 0.717) is 11.5 Å². The van der Waals surface area contributed by atoms with E-state index in [1.54, 1.807) is 24.3 Å². The molecule has 1 aromatic carbocycles. The van der Waals surface area contributed by atoms with E-state index in [9.17, 15) is 14.0 Å². The molecule has 2 heterocycles. The molecule has 26 heavy (non-hydrogen) atoms. The van der Waals surface area contributed by atoms with E-state index in [2.05, 4.69) is 5.10 Å². The maximum atomic E-state index is 13.0. The van der Waals surface area contributed by atoms with Crippen LogP contribution in [-0.2, 0) is 9.59 Å². The monoisotopic (exact) mass is 350 g/mol. The smallest absolute Gasteiger partial charge is 0.254 e. The summed E-state index contributed by atoms with van der Waals surface area (Å²) in [5.41, 5.74) is 0.733. The Hall–Kier alpha value is -3.02. The molecule has 2 aliphatic carbocycles. The second-order valence-electron chi connectivity index (χ2n) is 6.94. The molecule has 5 nitrogen and oxygen atoms in total. The van der Waals surface area contributed by atoms with Crippen molar-refractivity contribution >= 4 is 18.0 Å². The van der Waals surface area contributed by atoms with Gasteiger partial charge in [0, 0.05) is 5.56 Å². The third-order valence-electron chi connectivity index (χ3n) is 5.50. The number of halogens is 1. The van der Waals surface area contributed by atoms with Gasteiger partial charge in [-0.1, -0.05) is 12.2 Å².